The second-order valence-corrected chi connectivity index (χ2v) is 5.14. The van der Waals surface area contributed by atoms with E-state index in [1.807, 2.05) is 35.1 Å². The van der Waals surface area contributed by atoms with Crippen molar-refractivity contribution < 1.29 is 0 Å². The van der Waals surface area contributed by atoms with Crippen molar-refractivity contribution in [3.8, 4) is 5.69 Å². The summed E-state index contributed by atoms with van der Waals surface area (Å²) in [5, 5.41) is 4.57. The molecular weight excluding hydrogens is 278 g/mol. The van der Waals surface area contributed by atoms with E-state index in [-0.39, 0.29) is 0 Å². The van der Waals surface area contributed by atoms with Crippen LogP contribution in [-0.4, -0.2) is 9.78 Å². The van der Waals surface area contributed by atoms with Gasteiger partial charge in [-0.3, -0.25) is 0 Å². The lowest BCUT2D eigenvalue weighted by Gasteiger charge is -2.09. The van der Waals surface area contributed by atoms with Crippen LogP contribution in [0.5, 0.6) is 0 Å². The van der Waals surface area contributed by atoms with Crippen LogP contribution in [0.2, 0.25) is 0 Å². The Kier molecular flexibility index (Phi) is 3.64. The Morgan fingerprint density at radius 2 is 2.12 bits per heavy atom. The zero-order valence-corrected chi connectivity index (χ0v) is 11.6. The molecule has 1 heterocycles. The first kappa shape index (κ1) is 12.3. The molecule has 0 radical (unpaired) electrons. The number of aromatic nitrogens is 2. The molecule has 0 saturated carbocycles. The summed E-state index contributed by atoms with van der Waals surface area (Å²) in [5.41, 5.74) is 8.99. The third-order valence-electron chi connectivity index (χ3n) is 2.75. The molecule has 17 heavy (non-hydrogen) atoms. The third kappa shape index (κ3) is 2.42. The molecule has 2 aromatic rings. The number of hydrogen-bond donors (Lipinski definition) is 1. The summed E-state index contributed by atoms with van der Waals surface area (Å²) in [6, 6.07) is 8.07. The summed E-state index contributed by atoms with van der Waals surface area (Å²) in [4.78, 5) is 0. The van der Waals surface area contributed by atoms with Crippen LogP contribution in [-0.2, 0) is 6.54 Å². The molecule has 0 aliphatic rings. The second-order valence-electron chi connectivity index (χ2n) is 4.28. The average molecular weight is 294 g/mol. The van der Waals surface area contributed by atoms with Crippen molar-refractivity contribution in [3.63, 3.8) is 0 Å². The van der Waals surface area contributed by atoms with Crippen molar-refractivity contribution >= 4 is 15.9 Å². The Morgan fingerprint density at radius 1 is 1.35 bits per heavy atom. The predicted molar refractivity (Wildman–Crippen MR) is 73.2 cm³/mol. The van der Waals surface area contributed by atoms with Crippen molar-refractivity contribution in [1.82, 2.24) is 9.78 Å². The van der Waals surface area contributed by atoms with E-state index in [4.69, 9.17) is 5.73 Å². The highest BCUT2D eigenvalue weighted by Gasteiger charge is 2.09. The Hall–Kier alpha value is -1.13. The molecule has 0 unspecified atom stereocenters. The fraction of sp³-hybridized carbons (Fsp3) is 0.308. The van der Waals surface area contributed by atoms with Crippen molar-refractivity contribution in [2.45, 2.75) is 26.3 Å². The van der Waals surface area contributed by atoms with Crippen LogP contribution < -0.4 is 5.73 Å². The smallest absolute Gasteiger partial charge is 0.0701 e. The maximum Gasteiger partial charge on any atom is 0.0701 e. The van der Waals surface area contributed by atoms with Gasteiger partial charge >= 0.3 is 0 Å². The van der Waals surface area contributed by atoms with Gasteiger partial charge in [-0.1, -0.05) is 35.8 Å². The number of hydrogen-bond acceptors (Lipinski definition) is 2. The molecule has 0 bridgehead atoms. The quantitative estimate of drug-likeness (QED) is 0.944. The Morgan fingerprint density at radius 3 is 2.71 bits per heavy atom. The largest absolute Gasteiger partial charge is 0.326 e. The number of nitrogens with zero attached hydrogens (tertiary/aromatic N) is 2. The van der Waals surface area contributed by atoms with E-state index >= 15 is 0 Å². The molecule has 0 amide bonds. The minimum absolute atomic E-state index is 0.435. The molecule has 0 aliphatic carbocycles. The van der Waals surface area contributed by atoms with Crippen LogP contribution in [0.15, 0.2) is 34.9 Å². The number of halogens is 1. The Bertz CT molecular complexity index is 517. The molecule has 1 aromatic heterocycles. The highest BCUT2D eigenvalue weighted by Crippen LogP contribution is 2.23. The van der Waals surface area contributed by atoms with Crippen LogP contribution in [0.3, 0.4) is 0 Å². The van der Waals surface area contributed by atoms with E-state index in [2.05, 4.69) is 34.9 Å². The van der Waals surface area contributed by atoms with E-state index in [9.17, 15) is 0 Å². The fourth-order valence-corrected chi connectivity index (χ4v) is 2.26. The van der Waals surface area contributed by atoms with Gasteiger partial charge < -0.3 is 5.73 Å². The normalized spacial score (nSPS) is 11.1. The maximum absolute atomic E-state index is 5.78. The summed E-state index contributed by atoms with van der Waals surface area (Å²) in [5.74, 6) is 0.435. The minimum atomic E-state index is 0.435. The average Bonchev–Trinajstić information content (AvgIpc) is 2.77. The van der Waals surface area contributed by atoms with E-state index < -0.39 is 0 Å². The van der Waals surface area contributed by atoms with Crippen molar-refractivity contribution in [3.05, 3.63) is 46.2 Å². The Labute approximate surface area is 110 Å². The lowest BCUT2D eigenvalue weighted by Crippen LogP contribution is -2.06. The number of rotatable bonds is 3. The van der Waals surface area contributed by atoms with Gasteiger partial charge in [0.25, 0.3) is 0 Å². The summed E-state index contributed by atoms with van der Waals surface area (Å²) >= 11 is 3.52. The van der Waals surface area contributed by atoms with Crippen LogP contribution in [0.4, 0.5) is 0 Å². The first-order valence-electron chi connectivity index (χ1n) is 5.67. The van der Waals surface area contributed by atoms with Gasteiger partial charge in [0.2, 0.25) is 0 Å². The molecular formula is C13H16BrN3. The molecule has 2 rings (SSSR count). The lowest BCUT2D eigenvalue weighted by atomic mass is 10.1. The van der Waals surface area contributed by atoms with Gasteiger partial charge in [0.15, 0.2) is 0 Å². The number of benzene rings is 1. The van der Waals surface area contributed by atoms with Crippen LogP contribution >= 0.6 is 15.9 Å². The zero-order valence-electron chi connectivity index (χ0n) is 10.0. The highest BCUT2D eigenvalue weighted by atomic mass is 79.9. The number of nitrogens with two attached hydrogens (primary N) is 1. The molecule has 90 valence electrons. The SMILES string of the molecule is CC(C)c1ccn(-c2cccc(Br)c2CN)n1. The van der Waals surface area contributed by atoms with Gasteiger partial charge in [0, 0.05) is 22.8 Å². The molecule has 0 saturated heterocycles. The fourth-order valence-electron chi connectivity index (χ4n) is 1.74. The minimum Gasteiger partial charge on any atom is -0.326 e. The van der Waals surface area contributed by atoms with Gasteiger partial charge in [-0.2, -0.15) is 5.10 Å². The van der Waals surface area contributed by atoms with E-state index in [1.54, 1.807) is 0 Å². The Balaban J connectivity index is 2.48. The van der Waals surface area contributed by atoms with E-state index in [0.717, 1.165) is 21.4 Å². The zero-order chi connectivity index (χ0) is 12.4. The predicted octanol–water partition coefficient (Wildman–Crippen LogP) is 3.22. The monoisotopic (exact) mass is 293 g/mol. The van der Waals surface area contributed by atoms with Gasteiger partial charge in [-0.15, -0.1) is 0 Å². The molecule has 0 fully saturated rings. The lowest BCUT2D eigenvalue weighted by molar-refractivity contribution is 0.763. The molecule has 0 spiro atoms. The molecule has 4 heteroatoms. The van der Waals surface area contributed by atoms with E-state index in [1.165, 1.54) is 0 Å². The summed E-state index contributed by atoms with van der Waals surface area (Å²) in [6.45, 7) is 4.77. The van der Waals surface area contributed by atoms with E-state index in [0.29, 0.717) is 12.5 Å². The molecule has 0 atom stereocenters. The molecule has 2 N–H and O–H groups in total. The van der Waals surface area contributed by atoms with Crippen LogP contribution in [0, 0.1) is 0 Å². The second kappa shape index (κ2) is 5.02. The van der Waals surface area contributed by atoms with Crippen molar-refractivity contribution in [2.24, 2.45) is 5.73 Å². The summed E-state index contributed by atoms with van der Waals surface area (Å²) in [6.07, 6.45) is 1.98. The van der Waals surface area contributed by atoms with Crippen molar-refractivity contribution in [1.29, 1.82) is 0 Å². The van der Waals surface area contributed by atoms with Gasteiger partial charge in [-0.25, -0.2) is 4.68 Å². The topological polar surface area (TPSA) is 43.8 Å². The first-order chi connectivity index (χ1) is 8.13. The summed E-state index contributed by atoms with van der Waals surface area (Å²) < 4.78 is 2.92. The van der Waals surface area contributed by atoms with Gasteiger partial charge in [-0.05, 0) is 24.1 Å². The third-order valence-corrected chi connectivity index (χ3v) is 3.49. The molecule has 1 aromatic carbocycles. The van der Waals surface area contributed by atoms with Crippen molar-refractivity contribution in [2.75, 3.05) is 0 Å². The first-order valence-corrected chi connectivity index (χ1v) is 6.46. The summed E-state index contributed by atoms with van der Waals surface area (Å²) in [7, 11) is 0. The van der Waals surface area contributed by atoms with Gasteiger partial charge in [0.1, 0.15) is 0 Å². The van der Waals surface area contributed by atoms with Crippen LogP contribution in [0.1, 0.15) is 31.0 Å². The maximum atomic E-state index is 5.78. The standard InChI is InChI=1S/C13H16BrN3/c1-9(2)12-6-7-17(16-12)13-5-3-4-11(14)10(13)8-15/h3-7,9H,8,15H2,1-2H3. The van der Waals surface area contributed by atoms with Crippen LogP contribution in [0.25, 0.3) is 5.69 Å². The highest BCUT2D eigenvalue weighted by molar-refractivity contribution is 9.10. The van der Waals surface area contributed by atoms with Gasteiger partial charge in [0.05, 0.1) is 11.4 Å². The molecule has 0 aliphatic heterocycles. The molecule has 3 nitrogen and oxygen atoms in total.